The van der Waals surface area contributed by atoms with Crippen LogP contribution in [-0.2, 0) is 0 Å². The second-order valence-corrected chi connectivity index (χ2v) is 8.75. The van der Waals surface area contributed by atoms with Gasteiger partial charge in [0.25, 0.3) is 5.91 Å². The van der Waals surface area contributed by atoms with E-state index >= 15 is 0 Å². The number of hydrogen-bond donors (Lipinski definition) is 1. The lowest BCUT2D eigenvalue weighted by Gasteiger charge is -2.20. The van der Waals surface area contributed by atoms with Crippen LogP contribution in [0.1, 0.15) is 28.8 Å². The number of hydrogen-bond acceptors (Lipinski definition) is 4. The van der Waals surface area contributed by atoms with Crippen LogP contribution in [0.4, 0.5) is 11.4 Å². The number of rotatable bonds is 4. The van der Waals surface area contributed by atoms with E-state index in [0.717, 1.165) is 45.1 Å². The third-order valence-electron chi connectivity index (χ3n) is 5.57. The SMILES string of the molecule is Cc1cc(C(=O)Nc2cccc(-c3nc4ccccc4s3)c2)ccc1N1CCCC1. The third-order valence-corrected chi connectivity index (χ3v) is 6.65. The lowest BCUT2D eigenvalue weighted by Crippen LogP contribution is -2.19. The Morgan fingerprint density at radius 2 is 1.83 bits per heavy atom. The number of fused-ring (bicyclic) bond motifs is 1. The normalized spacial score (nSPS) is 13.7. The van der Waals surface area contributed by atoms with Crippen molar-refractivity contribution in [2.75, 3.05) is 23.3 Å². The molecule has 4 nitrogen and oxygen atoms in total. The Kier molecular flexibility index (Phi) is 4.97. The van der Waals surface area contributed by atoms with Crippen molar-refractivity contribution in [3.8, 4) is 10.6 Å². The molecule has 1 amide bonds. The van der Waals surface area contributed by atoms with E-state index in [2.05, 4.69) is 29.3 Å². The van der Waals surface area contributed by atoms with Crippen LogP contribution in [0.5, 0.6) is 0 Å². The average Bonchev–Trinajstić information content (AvgIpc) is 3.44. The zero-order valence-electron chi connectivity index (χ0n) is 16.9. The van der Waals surface area contributed by atoms with Gasteiger partial charge in [-0.15, -0.1) is 11.3 Å². The minimum absolute atomic E-state index is 0.0903. The fourth-order valence-corrected chi connectivity index (χ4v) is 5.00. The fourth-order valence-electron chi connectivity index (χ4n) is 4.04. The van der Waals surface area contributed by atoms with E-state index in [1.54, 1.807) is 11.3 Å². The van der Waals surface area contributed by atoms with Gasteiger partial charge in [0.05, 0.1) is 10.2 Å². The van der Waals surface area contributed by atoms with Crippen LogP contribution < -0.4 is 10.2 Å². The molecule has 3 aromatic carbocycles. The molecule has 0 radical (unpaired) electrons. The van der Waals surface area contributed by atoms with E-state index in [1.807, 2.05) is 54.6 Å². The Hall–Kier alpha value is -3.18. The number of aryl methyl sites for hydroxylation is 1. The number of nitrogens with one attached hydrogen (secondary N) is 1. The number of thiazole rings is 1. The molecule has 0 spiro atoms. The molecule has 5 rings (SSSR count). The Balaban J connectivity index is 1.36. The lowest BCUT2D eigenvalue weighted by molar-refractivity contribution is 0.102. The van der Waals surface area contributed by atoms with E-state index in [4.69, 9.17) is 4.98 Å². The fraction of sp³-hybridized carbons (Fsp3) is 0.200. The average molecular weight is 414 g/mol. The van der Waals surface area contributed by atoms with Crippen molar-refractivity contribution in [1.82, 2.24) is 4.98 Å². The summed E-state index contributed by atoms with van der Waals surface area (Å²) in [5, 5.41) is 4.00. The molecule has 150 valence electrons. The van der Waals surface area contributed by atoms with E-state index < -0.39 is 0 Å². The van der Waals surface area contributed by atoms with Gasteiger partial charge >= 0.3 is 0 Å². The highest BCUT2D eigenvalue weighted by atomic mass is 32.1. The molecule has 1 aliphatic heterocycles. The summed E-state index contributed by atoms with van der Waals surface area (Å²) < 4.78 is 1.16. The van der Waals surface area contributed by atoms with Gasteiger partial charge in [-0.2, -0.15) is 0 Å². The van der Waals surface area contributed by atoms with E-state index in [0.29, 0.717) is 5.56 Å². The molecule has 1 N–H and O–H groups in total. The summed E-state index contributed by atoms with van der Waals surface area (Å²) in [6.07, 6.45) is 2.49. The zero-order chi connectivity index (χ0) is 20.5. The van der Waals surface area contributed by atoms with Gasteiger partial charge in [0.1, 0.15) is 5.01 Å². The molecule has 0 unspecified atom stereocenters. The van der Waals surface area contributed by atoms with Crippen LogP contribution >= 0.6 is 11.3 Å². The van der Waals surface area contributed by atoms with Crippen molar-refractivity contribution >= 4 is 38.8 Å². The van der Waals surface area contributed by atoms with Gasteiger partial charge in [-0.25, -0.2) is 4.98 Å². The van der Waals surface area contributed by atoms with Crippen molar-refractivity contribution < 1.29 is 4.79 Å². The Bertz CT molecular complexity index is 1190. The van der Waals surface area contributed by atoms with Gasteiger partial charge in [-0.3, -0.25) is 4.79 Å². The Morgan fingerprint density at radius 1 is 1.00 bits per heavy atom. The molecule has 1 aliphatic rings. The highest BCUT2D eigenvalue weighted by molar-refractivity contribution is 7.21. The predicted molar refractivity (Wildman–Crippen MR) is 126 cm³/mol. The largest absolute Gasteiger partial charge is 0.371 e. The van der Waals surface area contributed by atoms with Crippen molar-refractivity contribution in [1.29, 1.82) is 0 Å². The molecule has 1 fully saturated rings. The Morgan fingerprint density at radius 3 is 2.63 bits per heavy atom. The minimum Gasteiger partial charge on any atom is -0.371 e. The summed E-state index contributed by atoms with van der Waals surface area (Å²) in [4.78, 5) is 20.0. The van der Waals surface area contributed by atoms with Crippen molar-refractivity contribution in [3.63, 3.8) is 0 Å². The molecule has 5 heteroatoms. The molecule has 1 saturated heterocycles. The number of carbonyl (C=O) groups excluding carboxylic acids is 1. The molecule has 2 heterocycles. The summed E-state index contributed by atoms with van der Waals surface area (Å²) in [7, 11) is 0. The maximum Gasteiger partial charge on any atom is 0.255 e. The zero-order valence-corrected chi connectivity index (χ0v) is 17.7. The number of nitrogens with zero attached hydrogens (tertiary/aromatic N) is 2. The first-order valence-corrected chi connectivity index (χ1v) is 11.1. The molecule has 1 aromatic heterocycles. The summed E-state index contributed by atoms with van der Waals surface area (Å²) in [6, 6.07) is 22.0. The number of carbonyl (C=O) groups is 1. The first-order chi connectivity index (χ1) is 14.7. The Labute approximate surface area is 180 Å². The van der Waals surface area contributed by atoms with Crippen LogP contribution in [0.25, 0.3) is 20.8 Å². The maximum atomic E-state index is 12.8. The van der Waals surface area contributed by atoms with Crippen molar-refractivity contribution in [2.45, 2.75) is 19.8 Å². The second-order valence-electron chi connectivity index (χ2n) is 7.72. The van der Waals surface area contributed by atoms with Gasteiger partial charge in [0.2, 0.25) is 0 Å². The van der Waals surface area contributed by atoms with Crippen molar-refractivity contribution in [3.05, 3.63) is 77.9 Å². The van der Waals surface area contributed by atoms with Crippen molar-refractivity contribution in [2.24, 2.45) is 0 Å². The third kappa shape index (κ3) is 3.68. The van der Waals surface area contributed by atoms with Gasteiger partial charge in [-0.1, -0.05) is 24.3 Å². The summed E-state index contributed by atoms with van der Waals surface area (Å²) in [5.74, 6) is -0.0903. The number of benzene rings is 3. The molecule has 30 heavy (non-hydrogen) atoms. The van der Waals surface area contributed by atoms with E-state index in [-0.39, 0.29) is 5.91 Å². The lowest BCUT2D eigenvalue weighted by atomic mass is 10.1. The highest BCUT2D eigenvalue weighted by Crippen LogP contribution is 2.31. The van der Waals surface area contributed by atoms with Crippen LogP contribution in [0, 0.1) is 6.92 Å². The number of amides is 1. The van der Waals surface area contributed by atoms with E-state index in [9.17, 15) is 4.79 Å². The molecule has 0 atom stereocenters. The van der Waals surface area contributed by atoms with Gasteiger partial charge in [0.15, 0.2) is 0 Å². The summed E-state index contributed by atoms with van der Waals surface area (Å²) in [6.45, 7) is 4.29. The molecule has 0 bridgehead atoms. The first-order valence-electron chi connectivity index (χ1n) is 10.3. The van der Waals surface area contributed by atoms with E-state index in [1.165, 1.54) is 18.5 Å². The molecular formula is C25H23N3OS. The summed E-state index contributed by atoms with van der Waals surface area (Å²) >= 11 is 1.66. The first kappa shape index (κ1) is 18.8. The van der Waals surface area contributed by atoms with Crippen LogP contribution in [0.15, 0.2) is 66.7 Å². The molecular weight excluding hydrogens is 390 g/mol. The molecule has 0 saturated carbocycles. The highest BCUT2D eigenvalue weighted by Gasteiger charge is 2.16. The molecule has 4 aromatic rings. The monoisotopic (exact) mass is 413 g/mol. The van der Waals surface area contributed by atoms with Gasteiger partial charge in [-0.05, 0) is 67.8 Å². The molecule has 0 aliphatic carbocycles. The second kappa shape index (κ2) is 7.92. The number of para-hydroxylation sites is 1. The van der Waals surface area contributed by atoms with Gasteiger partial charge < -0.3 is 10.2 Å². The van der Waals surface area contributed by atoms with Gasteiger partial charge in [0, 0.05) is 35.6 Å². The maximum absolute atomic E-state index is 12.8. The smallest absolute Gasteiger partial charge is 0.255 e. The standard InChI is InChI=1S/C25H23N3OS/c1-17-15-18(11-12-22(17)28-13-4-5-14-28)24(29)26-20-8-6-7-19(16-20)25-27-21-9-2-3-10-23(21)30-25/h2-3,6-12,15-16H,4-5,13-14H2,1H3,(H,26,29). The van der Waals surface area contributed by atoms with Crippen LogP contribution in [-0.4, -0.2) is 24.0 Å². The van der Waals surface area contributed by atoms with Crippen LogP contribution in [0.2, 0.25) is 0 Å². The quantitative estimate of drug-likeness (QED) is 0.438. The topological polar surface area (TPSA) is 45.2 Å². The van der Waals surface area contributed by atoms with Crippen LogP contribution in [0.3, 0.4) is 0 Å². The summed E-state index contributed by atoms with van der Waals surface area (Å²) in [5.41, 5.74) is 5.85. The number of anilines is 2. The minimum atomic E-state index is -0.0903. The predicted octanol–water partition coefficient (Wildman–Crippen LogP) is 6.12. The number of aromatic nitrogens is 1.